The van der Waals surface area contributed by atoms with E-state index in [4.69, 9.17) is 5.73 Å². The highest BCUT2D eigenvalue weighted by molar-refractivity contribution is 5.74. The van der Waals surface area contributed by atoms with E-state index >= 15 is 0 Å². The Morgan fingerprint density at radius 3 is 2.38 bits per heavy atom. The summed E-state index contributed by atoms with van der Waals surface area (Å²) in [6, 6.07) is 0. The first-order valence-electron chi connectivity index (χ1n) is 4.97. The highest BCUT2D eigenvalue weighted by atomic mass is 16.3. The summed E-state index contributed by atoms with van der Waals surface area (Å²) in [6.45, 7) is 5.96. The summed E-state index contributed by atoms with van der Waals surface area (Å²) in [5.41, 5.74) is 4.21. The first-order chi connectivity index (χ1) is 5.96. The first kappa shape index (κ1) is 12.4. The Morgan fingerprint density at radius 1 is 1.54 bits per heavy atom. The number of carbonyl (C=O) groups excluding carboxylic acids is 1. The molecule has 0 rings (SSSR count). The van der Waals surface area contributed by atoms with E-state index < -0.39 is 11.5 Å². The molecule has 0 aromatic heterocycles. The molecule has 13 heavy (non-hydrogen) atoms. The van der Waals surface area contributed by atoms with Crippen LogP contribution in [0.5, 0.6) is 0 Å². The van der Waals surface area contributed by atoms with Gasteiger partial charge in [0.1, 0.15) is 0 Å². The Bertz CT molecular complexity index is 170. The lowest BCUT2D eigenvalue weighted by atomic mass is 9.80. The van der Waals surface area contributed by atoms with Crippen molar-refractivity contribution in [1.82, 2.24) is 0 Å². The quantitative estimate of drug-likeness (QED) is 0.661. The number of nitrogens with two attached hydrogens (primary N) is 1. The van der Waals surface area contributed by atoms with Gasteiger partial charge in [-0.05, 0) is 12.3 Å². The molecule has 0 aromatic carbocycles. The molecule has 0 radical (unpaired) electrons. The molecule has 0 aliphatic heterocycles. The van der Waals surface area contributed by atoms with Crippen molar-refractivity contribution >= 4 is 5.91 Å². The predicted molar refractivity (Wildman–Crippen MR) is 53.1 cm³/mol. The number of carbonyl (C=O) groups is 1. The molecule has 2 atom stereocenters. The highest BCUT2D eigenvalue weighted by Gasteiger charge is 2.33. The average molecular weight is 187 g/mol. The summed E-state index contributed by atoms with van der Waals surface area (Å²) in [5.74, 6) is -0.295. The van der Waals surface area contributed by atoms with Gasteiger partial charge in [0.15, 0.2) is 0 Å². The van der Waals surface area contributed by atoms with Gasteiger partial charge < -0.3 is 10.8 Å². The van der Waals surface area contributed by atoms with Crippen molar-refractivity contribution in [2.24, 2.45) is 11.7 Å². The summed E-state index contributed by atoms with van der Waals surface area (Å²) in [4.78, 5) is 10.8. The van der Waals surface area contributed by atoms with Crippen LogP contribution in [-0.4, -0.2) is 16.6 Å². The van der Waals surface area contributed by atoms with Gasteiger partial charge in [0.05, 0.1) is 12.0 Å². The van der Waals surface area contributed by atoms with Gasteiger partial charge in [-0.2, -0.15) is 0 Å². The van der Waals surface area contributed by atoms with Gasteiger partial charge in [-0.25, -0.2) is 0 Å². The van der Waals surface area contributed by atoms with Crippen LogP contribution in [0.25, 0.3) is 0 Å². The molecule has 3 N–H and O–H groups in total. The molecule has 0 aliphatic carbocycles. The van der Waals surface area contributed by atoms with Crippen molar-refractivity contribution in [3.05, 3.63) is 0 Å². The van der Waals surface area contributed by atoms with E-state index in [1.165, 1.54) is 0 Å². The fourth-order valence-corrected chi connectivity index (χ4v) is 1.62. The highest BCUT2D eigenvalue weighted by Crippen LogP contribution is 2.28. The molecule has 0 heterocycles. The fourth-order valence-electron chi connectivity index (χ4n) is 1.62. The summed E-state index contributed by atoms with van der Waals surface area (Å²) in [5, 5.41) is 10.1. The molecule has 0 fully saturated rings. The minimum atomic E-state index is -0.894. The number of primary amides is 1. The van der Waals surface area contributed by atoms with Gasteiger partial charge in [-0.15, -0.1) is 0 Å². The van der Waals surface area contributed by atoms with Gasteiger partial charge in [0.2, 0.25) is 5.91 Å². The molecule has 3 nitrogen and oxygen atoms in total. The summed E-state index contributed by atoms with van der Waals surface area (Å²) in [6.07, 6.45) is 2.46. The zero-order valence-corrected chi connectivity index (χ0v) is 8.84. The van der Waals surface area contributed by atoms with Gasteiger partial charge in [0.25, 0.3) is 0 Å². The fraction of sp³-hybridized carbons (Fsp3) is 0.900. The number of amides is 1. The van der Waals surface area contributed by atoms with Crippen molar-refractivity contribution in [2.75, 3.05) is 0 Å². The smallest absolute Gasteiger partial charge is 0.220 e. The zero-order valence-electron chi connectivity index (χ0n) is 8.84. The molecule has 0 spiro atoms. The molecule has 3 heteroatoms. The van der Waals surface area contributed by atoms with Crippen LogP contribution in [0.15, 0.2) is 0 Å². The summed E-state index contributed by atoms with van der Waals surface area (Å²) in [7, 11) is 0. The lowest BCUT2D eigenvalue weighted by Gasteiger charge is -2.32. The maximum atomic E-state index is 10.8. The van der Waals surface area contributed by atoms with Crippen LogP contribution in [0.1, 0.15) is 46.5 Å². The molecular formula is C10H21NO2. The van der Waals surface area contributed by atoms with E-state index in [1.807, 2.05) is 20.8 Å². The second-order valence-electron chi connectivity index (χ2n) is 3.81. The van der Waals surface area contributed by atoms with Gasteiger partial charge in [-0.3, -0.25) is 4.79 Å². The number of rotatable bonds is 6. The van der Waals surface area contributed by atoms with Crippen LogP contribution in [0.2, 0.25) is 0 Å². The number of aliphatic hydroxyl groups is 1. The van der Waals surface area contributed by atoms with Crippen LogP contribution in [0.3, 0.4) is 0 Å². The largest absolute Gasteiger partial charge is 0.389 e. The van der Waals surface area contributed by atoms with E-state index in [0.717, 1.165) is 12.8 Å². The Labute approximate surface area is 80.3 Å². The van der Waals surface area contributed by atoms with E-state index in [2.05, 4.69) is 0 Å². The Kier molecular flexibility index (Phi) is 4.99. The maximum Gasteiger partial charge on any atom is 0.220 e. The standard InChI is InChI=1S/C10H21NO2/c1-4-6-10(13,7-9(11)12)8(3)5-2/h8,13H,4-7H2,1-3H3,(H2,11,12). The van der Waals surface area contributed by atoms with Crippen LogP contribution < -0.4 is 5.73 Å². The first-order valence-corrected chi connectivity index (χ1v) is 4.97. The summed E-state index contributed by atoms with van der Waals surface area (Å²) < 4.78 is 0. The maximum absolute atomic E-state index is 10.8. The van der Waals surface area contributed by atoms with Crippen molar-refractivity contribution in [1.29, 1.82) is 0 Å². The average Bonchev–Trinajstić information content (AvgIpc) is 2.02. The molecule has 0 bridgehead atoms. The molecule has 78 valence electrons. The third-order valence-corrected chi connectivity index (χ3v) is 2.69. The molecular weight excluding hydrogens is 166 g/mol. The monoisotopic (exact) mass is 187 g/mol. The molecule has 0 aliphatic rings. The normalized spacial score (nSPS) is 17.8. The second kappa shape index (κ2) is 5.22. The lowest BCUT2D eigenvalue weighted by molar-refractivity contribution is -0.126. The minimum Gasteiger partial charge on any atom is -0.389 e. The van der Waals surface area contributed by atoms with Crippen molar-refractivity contribution in [2.45, 2.75) is 52.1 Å². The van der Waals surface area contributed by atoms with Crippen LogP contribution >= 0.6 is 0 Å². The van der Waals surface area contributed by atoms with Crippen molar-refractivity contribution in [3.8, 4) is 0 Å². The van der Waals surface area contributed by atoms with E-state index in [1.54, 1.807) is 0 Å². The SMILES string of the molecule is CCCC(O)(CC(N)=O)C(C)CC. The zero-order chi connectivity index (χ0) is 10.5. The number of hydrogen-bond acceptors (Lipinski definition) is 2. The van der Waals surface area contributed by atoms with Gasteiger partial charge in [0, 0.05) is 0 Å². The van der Waals surface area contributed by atoms with Gasteiger partial charge >= 0.3 is 0 Å². The minimum absolute atomic E-state index is 0.0792. The number of hydrogen-bond donors (Lipinski definition) is 2. The van der Waals surface area contributed by atoms with Crippen LogP contribution in [0, 0.1) is 5.92 Å². The summed E-state index contributed by atoms with van der Waals surface area (Å²) >= 11 is 0. The van der Waals surface area contributed by atoms with Gasteiger partial charge in [-0.1, -0.05) is 33.6 Å². The third kappa shape index (κ3) is 3.77. The molecule has 1 amide bonds. The predicted octanol–water partition coefficient (Wildman–Crippen LogP) is 1.44. The molecule has 2 unspecified atom stereocenters. The Hall–Kier alpha value is -0.570. The third-order valence-electron chi connectivity index (χ3n) is 2.69. The van der Waals surface area contributed by atoms with E-state index in [9.17, 15) is 9.90 Å². The lowest BCUT2D eigenvalue weighted by Crippen LogP contribution is -2.40. The van der Waals surface area contributed by atoms with Crippen molar-refractivity contribution in [3.63, 3.8) is 0 Å². The Balaban J connectivity index is 4.40. The molecule has 0 saturated heterocycles. The second-order valence-corrected chi connectivity index (χ2v) is 3.81. The van der Waals surface area contributed by atoms with Crippen LogP contribution in [-0.2, 0) is 4.79 Å². The molecule has 0 saturated carbocycles. The van der Waals surface area contributed by atoms with Crippen LogP contribution in [0.4, 0.5) is 0 Å². The van der Waals surface area contributed by atoms with E-state index in [-0.39, 0.29) is 12.3 Å². The topological polar surface area (TPSA) is 63.3 Å². The van der Waals surface area contributed by atoms with Crippen molar-refractivity contribution < 1.29 is 9.90 Å². The Morgan fingerprint density at radius 2 is 2.08 bits per heavy atom. The molecule has 0 aromatic rings. The van der Waals surface area contributed by atoms with E-state index in [0.29, 0.717) is 6.42 Å².